The molecule has 0 atom stereocenters. The van der Waals surface area contributed by atoms with Crippen molar-refractivity contribution >= 4 is 43.6 Å². The summed E-state index contributed by atoms with van der Waals surface area (Å²) in [6, 6.07) is 69.5. The standard InChI is InChI=1S/2C19H15NO.2C7H7.Hf/c2*1-13-10-11-19(21)18(12-13)20-16-8-4-2-6-14(16)15-7-3-5-9-17(15)20;2*1-7-5-3-2-4-6-7;/h2*2-12,21H,1H3;2*2-6H,1H2;/q;;;;+2/p-2. The first-order valence-corrected chi connectivity index (χ1v) is 27.7. The van der Waals surface area contributed by atoms with Crippen LogP contribution in [0.4, 0.5) is 0 Å². The second kappa shape index (κ2) is 14.7. The van der Waals surface area contributed by atoms with Crippen molar-refractivity contribution in [1.82, 2.24) is 9.13 Å². The molecule has 10 rings (SSSR count). The Morgan fingerprint density at radius 3 is 1.04 bits per heavy atom. The Hall–Kier alpha value is -6.17. The first-order valence-electron chi connectivity index (χ1n) is 19.7. The van der Waals surface area contributed by atoms with E-state index >= 15 is 0 Å². The van der Waals surface area contributed by atoms with Gasteiger partial charge in [0.1, 0.15) is 0 Å². The number of rotatable bonds is 10. The van der Waals surface area contributed by atoms with Crippen LogP contribution in [0.1, 0.15) is 22.3 Å². The van der Waals surface area contributed by atoms with Gasteiger partial charge in [0, 0.05) is 0 Å². The second-order valence-corrected chi connectivity index (χ2v) is 25.7. The van der Waals surface area contributed by atoms with Crippen molar-refractivity contribution in [2.24, 2.45) is 0 Å². The van der Waals surface area contributed by atoms with Crippen molar-refractivity contribution in [3.8, 4) is 22.9 Å². The van der Waals surface area contributed by atoms with Gasteiger partial charge in [-0.1, -0.05) is 0 Å². The Morgan fingerprint density at radius 1 is 0.368 bits per heavy atom. The third-order valence-corrected chi connectivity index (χ3v) is 22.2. The van der Waals surface area contributed by atoms with Crippen molar-refractivity contribution in [2.75, 3.05) is 0 Å². The molecule has 0 radical (unpaired) electrons. The van der Waals surface area contributed by atoms with Crippen LogP contribution >= 0.6 is 0 Å². The molecule has 0 aliphatic rings. The van der Waals surface area contributed by atoms with Gasteiger partial charge >= 0.3 is 341 Å². The van der Waals surface area contributed by atoms with Gasteiger partial charge in [0.05, 0.1) is 0 Å². The normalized spacial score (nSPS) is 11.8. The number of hydrogen-bond acceptors (Lipinski definition) is 2. The number of nitrogens with zero attached hydrogens (tertiary/aromatic N) is 2. The quantitative estimate of drug-likeness (QED) is 0.128. The Bertz CT molecular complexity index is 2740. The molecule has 2 aromatic heterocycles. The third kappa shape index (κ3) is 6.56. The van der Waals surface area contributed by atoms with Crippen molar-refractivity contribution in [1.29, 1.82) is 0 Å². The van der Waals surface area contributed by atoms with Crippen LogP contribution in [0.25, 0.3) is 55.0 Å². The molecular formula is C52H42HfN2O2. The van der Waals surface area contributed by atoms with Gasteiger partial charge < -0.3 is 0 Å². The van der Waals surface area contributed by atoms with E-state index in [2.05, 4.69) is 217 Å². The number of benzene rings is 8. The number of hydrogen-bond donors (Lipinski definition) is 0. The third-order valence-electron chi connectivity index (χ3n) is 11.1. The molecule has 0 spiro atoms. The van der Waals surface area contributed by atoms with Crippen molar-refractivity contribution in [3.63, 3.8) is 0 Å². The van der Waals surface area contributed by atoms with Crippen LogP contribution in [-0.2, 0) is 29.2 Å². The van der Waals surface area contributed by atoms with Crippen LogP contribution in [0.15, 0.2) is 194 Å². The number of aromatic nitrogens is 2. The van der Waals surface area contributed by atoms with Gasteiger partial charge in [-0.15, -0.1) is 0 Å². The molecule has 4 nitrogen and oxygen atoms in total. The maximum atomic E-state index is 7.87. The van der Waals surface area contributed by atoms with Crippen LogP contribution in [0.5, 0.6) is 11.5 Å². The first-order chi connectivity index (χ1) is 28.0. The minimum atomic E-state index is -4.69. The summed E-state index contributed by atoms with van der Waals surface area (Å²) in [7, 11) is 0. The second-order valence-electron chi connectivity index (χ2n) is 15.1. The van der Waals surface area contributed by atoms with E-state index in [0.29, 0.717) is 8.35 Å². The molecular weight excluding hydrogens is 863 g/mol. The van der Waals surface area contributed by atoms with Crippen LogP contribution in [0.3, 0.4) is 0 Å². The average Bonchev–Trinajstić information content (AvgIpc) is 3.76. The molecule has 0 aliphatic carbocycles. The SMILES string of the molecule is Cc1ccc([O][Hf]([CH2]c2ccccc2)([CH2]c2ccccc2)[O]c2ccc(C)cc2-n2c3ccccc3c3ccccc32)c(-n2c3ccccc3c3ccccc32)c1. The van der Waals surface area contributed by atoms with E-state index in [4.69, 9.17) is 5.71 Å². The van der Waals surface area contributed by atoms with E-state index < -0.39 is 20.8 Å². The molecule has 0 aliphatic heterocycles. The molecule has 276 valence electrons. The van der Waals surface area contributed by atoms with E-state index in [-0.39, 0.29) is 0 Å². The molecule has 8 aromatic carbocycles. The molecule has 0 amide bonds. The van der Waals surface area contributed by atoms with E-state index in [1.807, 2.05) is 0 Å². The van der Waals surface area contributed by atoms with Crippen LogP contribution in [0, 0.1) is 13.8 Å². The summed E-state index contributed by atoms with van der Waals surface area (Å²) >= 11 is -4.69. The Kier molecular flexibility index (Phi) is 9.11. The van der Waals surface area contributed by atoms with Gasteiger partial charge in [-0.25, -0.2) is 0 Å². The molecule has 5 heteroatoms. The zero-order chi connectivity index (χ0) is 38.3. The molecule has 0 N–H and O–H groups in total. The fourth-order valence-electron chi connectivity index (χ4n) is 8.58. The van der Waals surface area contributed by atoms with E-state index in [0.717, 1.165) is 44.9 Å². The summed E-state index contributed by atoms with van der Waals surface area (Å²) in [4.78, 5) is 0. The minimum absolute atomic E-state index is 0.712. The van der Waals surface area contributed by atoms with Crippen LogP contribution in [0.2, 0.25) is 0 Å². The topological polar surface area (TPSA) is 28.3 Å². The molecule has 2 heterocycles. The van der Waals surface area contributed by atoms with E-state index in [1.165, 1.54) is 43.8 Å². The average molecular weight is 905 g/mol. The zero-order valence-corrected chi connectivity index (χ0v) is 35.7. The zero-order valence-electron chi connectivity index (χ0n) is 32.1. The fourth-order valence-corrected chi connectivity index (χ4v) is 20.5. The molecule has 10 aromatic rings. The predicted octanol–water partition coefficient (Wildman–Crippen LogP) is 13.3. The molecule has 0 saturated heterocycles. The van der Waals surface area contributed by atoms with Gasteiger partial charge in [0.15, 0.2) is 0 Å². The molecule has 0 unspecified atom stereocenters. The van der Waals surface area contributed by atoms with Crippen molar-refractivity contribution < 1.29 is 26.6 Å². The molecule has 0 bridgehead atoms. The first kappa shape index (κ1) is 35.3. The van der Waals surface area contributed by atoms with Gasteiger partial charge in [-0.3, -0.25) is 0 Å². The van der Waals surface area contributed by atoms with Crippen LogP contribution in [-0.4, -0.2) is 9.13 Å². The summed E-state index contributed by atoms with van der Waals surface area (Å²) in [5.74, 6) is 1.68. The fraction of sp³-hybridized carbons (Fsp3) is 0.0769. The molecule has 0 fully saturated rings. The number of para-hydroxylation sites is 4. The molecule has 0 saturated carbocycles. The molecule has 57 heavy (non-hydrogen) atoms. The Morgan fingerprint density at radius 2 is 0.684 bits per heavy atom. The summed E-state index contributed by atoms with van der Waals surface area (Å²) in [6.07, 6.45) is 0. The van der Waals surface area contributed by atoms with Gasteiger partial charge in [0.2, 0.25) is 0 Å². The Labute approximate surface area is 338 Å². The van der Waals surface area contributed by atoms with Crippen LogP contribution < -0.4 is 5.71 Å². The summed E-state index contributed by atoms with van der Waals surface area (Å²) < 4.78 is 21.9. The van der Waals surface area contributed by atoms with Crippen molar-refractivity contribution in [2.45, 2.75) is 22.2 Å². The number of aryl methyl sites for hydroxylation is 2. The predicted molar refractivity (Wildman–Crippen MR) is 233 cm³/mol. The summed E-state index contributed by atoms with van der Waals surface area (Å²) in [5.41, 5.74) is 11.4. The van der Waals surface area contributed by atoms with Gasteiger partial charge in [-0.05, 0) is 0 Å². The van der Waals surface area contributed by atoms with Gasteiger partial charge in [0.25, 0.3) is 0 Å². The summed E-state index contributed by atoms with van der Waals surface area (Å²) in [5, 5.41) is 4.88. The van der Waals surface area contributed by atoms with E-state index in [9.17, 15) is 0 Å². The van der Waals surface area contributed by atoms with Gasteiger partial charge in [-0.2, -0.15) is 0 Å². The maximum absolute atomic E-state index is 7.87. The van der Waals surface area contributed by atoms with Crippen molar-refractivity contribution in [3.05, 3.63) is 216 Å². The van der Waals surface area contributed by atoms with E-state index in [1.54, 1.807) is 0 Å². The Balaban J connectivity index is 1.21. The number of fused-ring (bicyclic) bond motifs is 6. The monoisotopic (exact) mass is 906 g/mol. The summed E-state index contributed by atoms with van der Waals surface area (Å²) in [6.45, 7) is 4.32.